The van der Waals surface area contributed by atoms with Crippen LogP contribution in [-0.4, -0.2) is 71.9 Å². The highest BCUT2D eigenvalue weighted by Gasteiger charge is 2.39. The number of hydrogen-bond acceptors (Lipinski definition) is 4. The van der Waals surface area contributed by atoms with Crippen LogP contribution in [0.2, 0.25) is 0 Å². The molecule has 0 saturated carbocycles. The van der Waals surface area contributed by atoms with Gasteiger partial charge >= 0.3 is 0 Å². The number of H-pyrrole nitrogens is 1. The van der Waals surface area contributed by atoms with Gasteiger partial charge in [0.2, 0.25) is 0 Å². The third kappa shape index (κ3) is 3.92. The van der Waals surface area contributed by atoms with Crippen LogP contribution in [0.5, 0.6) is 0 Å². The molecule has 0 aliphatic carbocycles. The lowest BCUT2D eigenvalue weighted by atomic mass is 9.92. The molecule has 0 spiro atoms. The minimum atomic E-state index is -3.34. The molecule has 0 unspecified atom stereocenters. The lowest BCUT2D eigenvalue weighted by molar-refractivity contribution is 0.123. The molecule has 1 aromatic heterocycles. The van der Waals surface area contributed by atoms with Gasteiger partial charge in [0.25, 0.3) is 10.2 Å². The van der Waals surface area contributed by atoms with Gasteiger partial charge in [-0.05, 0) is 24.8 Å². The standard InChI is InChI=1S/C17H31N5O2S/c1-17(2,3)16-8-14(18-19-16)11-21-9-13-6-7-15(21)12-22(10-13)25(23,24)20(4)5/h8,13,15H,6-7,9-12H2,1-5H3,(H,18,19)/t13-,15-/m0/s1. The highest BCUT2D eigenvalue weighted by molar-refractivity contribution is 7.86. The zero-order chi connectivity index (χ0) is 18.4. The van der Waals surface area contributed by atoms with E-state index in [4.69, 9.17) is 0 Å². The molecule has 3 aliphatic heterocycles. The Balaban J connectivity index is 1.74. The molecule has 2 bridgehead atoms. The van der Waals surface area contributed by atoms with Crippen molar-refractivity contribution in [3.05, 3.63) is 17.5 Å². The smallest absolute Gasteiger partial charge is 0.281 e. The van der Waals surface area contributed by atoms with Crippen LogP contribution in [0, 0.1) is 5.92 Å². The first-order valence-electron chi connectivity index (χ1n) is 9.04. The van der Waals surface area contributed by atoms with E-state index in [9.17, 15) is 8.42 Å². The Morgan fingerprint density at radius 1 is 1.24 bits per heavy atom. The zero-order valence-electron chi connectivity index (χ0n) is 16.0. The molecule has 25 heavy (non-hydrogen) atoms. The predicted octanol–water partition coefficient (Wildman–Crippen LogP) is 1.41. The first-order chi connectivity index (χ1) is 11.6. The average molecular weight is 370 g/mol. The topological polar surface area (TPSA) is 72.5 Å². The summed E-state index contributed by atoms with van der Waals surface area (Å²) in [5.41, 5.74) is 2.21. The van der Waals surface area contributed by atoms with Crippen molar-refractivity contribution in [3.8, 4) is 0 Å². The van der Waals surface area contributed by atoms with Gasteiger partial charge in [-0.1, -0.05) is 20.8 Å². The van der Waals surface area contributed by atoms with E-state index in [0.29, 0.717) is 19.0 Å². The molecule has 1 N–H and O–H groups in total. The van der Waals surface area contributed by atoms with Crippen LogP contribution >= 0.6 is 0 Å². The van der Waals surface area contributed by atoms with E-state index in [-0.39, 0.29) is 11.5 Å². The van der Waals surface area contributed by atoms with Crippen molar-refractivity contribution in [1.29, 1.82) is 0 Å². The van der Waals surface area contributed by atoms with E-state index in [1.54, 1.807) is 18.4 Å². The Labute approximate surface area is 151 Å². The fourth-order valence-electron chi connectivity index (χ4n) is 3.79. The highest BCUT2D eigenvalue weighted by atomic mass is 32.2. The van der Waals surface area contributed by atoms with Crippen LogP contribution in [-0.2, 0) is 22.2 Å². The average Bonchev–Trinajstić information content (AvgIpc) is 2.79. The van der Waals surface area contributed by atoms with Gasteiger partial charge in [0.15, 0.2) is 0 Å². The monoisotopic (exact) mass is 369 g/mol. The number of nitrogens with zero attached hydrogens (tertiary/aromatic N) is 4. The number of aromatic nitrogens is 2. The first-order valence-corrected chi connectivity index (χ1v) is 10.4. The lowest BCUT2D eigenvalue weighted by Gasteiger charge is -2.35. The third-order valence-corrected chi connectivity index (χ3v) is 7.23. The second kappa shape index (κ2) is 6.64. The molecule has 7 nitrogen and oxygen atoms in total. The summed E-state index contributed by atoms with van der Waals surface area (Å²) in [4.78, 5) is 2.43. The molecule has 3 aliphatic rings. The Morgan fingerprint density at radius 2 is 1.96 bits per heavy atom. The summed E-state index contributed by atoms with van der Waals surface area (Å²) in [5.74, 6) is 0.401. The maximum atomic E-state index is 12.6. The van der Waals surface area contributed by atoms with Crippen molar-refractivity contribution in [3.63, 3.8) is 0 Å². The van der Waals surface area contributed by atoms with E-state index in [0.717, 1.165) is 37.3 Å². The van der Waals surface area contributed by atoms with E-state index in [1.807, 2.05) is 0 Å². The summed E-state index contributed by atoms with van der Waals surface area (Å²) in [5, 5.41) is 7.62. The number of rotatable bonds is 4. The maximum Gasteiger partial charge on any atom is 0.281 e. The van der Waals surface area contributed by atoms with Gasteiger partial charge in [-0.2, -0.15) is 22.1 Å². The lowest BCUT2D eigenvalue weighted by Crippen LogP contribution is -2.45. The van der Waals surface area contributed by atoms with Crippen molar-refractivity contribution in [2.45, 2.75) is 51.6 Å². The molecule has 3 fully saturated rings. The minimum Gasteiger partial charge on any atom is -0.293 e. The quantitative estimate of drug-likeness (QED) is 0.871. The van der Waals surface area contributed by atoms with Gasteiger partial charge < -0.3 is 0 Å². The Bertz CT molecular complexity index is 707. The highest BCUT2D eigenvalue weighted by Crippen LogP contribution is 2.31. The predicted molar refractivity (Wildman–Crippen MR) is 98.4 cm³/mol. The van der Waals surface area contributed by atoms with Gasteiger partial charge in [-0.3, -0.25) is 10.00 Å². The molecule has 0 aromatic carbocycles. The molecule has 142 valence electrons. The van der Waals surface area contributed by atoms with Crippen LogP contribution in [0.4, 0.5) is 0 Å². The number of piperidine rings is 1. The molecule has 1 aromatic rings. The second-order valence-corrected chi connectivity index (χ2v) is 10.8. The molecular formula is C17H31N5O2S. The van der Waals surface area contributed by atoms with Crippen LogP contribution < -0.4 is 0 Å². The summed E-state index contributed by atoms with van der Waals surface area (Å²) in [7, 11) is -0.122. The summed E-state index contributed by atoms with van der Waals surface area (Å²) in [6.07, 6.45) is 2.17. The third-order valence-electron chi connectivity index (χ3n) is 5.35. The molecule has 0 amide bonds. The Hall–Kier alpha value is -0.960. The SMILES string of the molecule is CN(C)S(=O)(=O)N1C[C@H]2CC[C@@H](C1)N(Cc1cc(C(C)(C)C)n[nH]1)C2. The number of nitrogens with one attached hydrogen (secondary N) is 1. The fraction of sp³-hybridized carbons (Fsp3) is 0.824. The molecule has 8 heteroatoms. The fourth-order valence-corrected chi connectivity index (χ4v) is 5.02. The normalized spacial score (nSPS) is 26.3. The van der Waals surface area contributed by atoms with Crippen molar-refractivity contribution in [2.24, 2.45) is 5.92 Å². The maximum absolute atomic E-state index is 12.6. The zero-order valence-corrected chi connectivity index (χ0v) is 16.8. The summed E-state index contributed by atoms with van der Waals surface area (Å²) in [6.45, 7) is 9.44. The van der Waals surface area contributed by atoms with Crippen LogP contribution in [0.3, 0.4) is 0 Å². The molecule has 4 rings (SSSR count). The van der Waals surface area contributed by atoms with Crippen LogP contribution in [0.1, 0.15) is 45.0 Å². The number of hydrogen-bond donors (Lipinski definition) is 1. The van der Waals surface area contributed by atoms with Gasteiger partial charge in [0, 0.05) is 57.4 Å². The van der Waals surface area contributed by atoms with E-state index < -0.39 is 10.2 Å². The largest absolute Gasteiger partial charge is 0.293 e. The van der Waals surface area contributed by atoms with Crippen LogP contribution in [0.15, 0.2) is 6.07 Å². The van der Waals surface area contributed by atoms with Crippen LogP contribution in [0.25, 0.3) is 0 Å². The van der Waals surface area contributed by atoms with Gasteiger partial charge in [-0.15, -0.1) is 0 Å². The summed E-state index contributed by atoms with van der Waals surface area (Å²) in [6, 6.07) is 2.42. The molecule has 0 radical (unpaired) electrons. The van der Waals surface area contributed by atoms with Crippen molar-refractivity contribution in [2.75, 3.05) is 33.7 Å². The molecule has 4 heterocycles. The second-order valence-electron chi connectivity index (χ2n) is 8.66. The number of aromatic amines is 1. The van der Waals surface area contributed by atoms with Crippen molar-refractivity contribution in [1.82, 2.24) is 23.7 Å². The molecular weight excluding hydrogens is 338 g/mol. The van der Waals surface area contributed by atoms with Crippen molar-refractivity contribution < 1.29 is 8.42 Å². The first kappa shape index (κ1) is 18.8. The molecule has 2 atom stereocenters. The molecule has 3 saturated heterocycles. The number of fused-ring (bicyclic) bond motifs is 4. The summed E-state index contributed by atoms with van der Waals surface area (Å²) >= 11 is 0. The Kier molecular flexibility index (Phi) is 5.00. The van der Waals surface area contributed by atoms with E-state index in [1.165, 1.54) is 4.31 Å². The summed E-state index contributed by atoms with van der Waals surface area (Å²) < 4.78 is 28.1. The van der Waals surface area contributed by atoms with Gasteiger partial charge in [0.1, 0.15) is 0 Å². The van der Waals surface area contributed by atoms with Gasteiger partial charge in [0.05, 0.1) is 5.69 Å². The van der Waals surface area contributed by atoms with E-state index in [2.05, 4.69) is 41.9 Å². The van der Waals surface area contributed by atoms with Gasteiger partial charge in [-0.25, -0.2) is 0 Å². The minimum absolute atomic E-state index is 0.0309. The van der Waals surface area contributed by atoms with E-state index >= 15 is 0 Å². The van der Waals surface area contributed by atoms with Crippen molar-refractivity contribution >= 4 is 10.2 Å². The Morgan fingerprint density at radius 3 is 2.56 bits per heavy atom.